The second kappa shape index (κ2) is 12.1. The second-order valence-electron chi connectivity index (χ2n) is 8.50. The largest absolute Gasteiger partial charge is 0.491 e. The van der Waals surface area contributed by atoms with E-state index in [1.54, 1.807) is 17.8 Å². The molecule has 4 atom stereocenters. The van der Waals surface area contributed by atoms with Crippen LogP contribution >= 0.6 is 22.6 Å². The molecule has 12 nitrogen and oxygen atoms in total. The van der Waals surface area contributed by atoms with Crippen molar-refractivity contribution in [1.29, 1.82) is 0 Å². The molecule has 194 valence electrons. The summed E-state index contributed by atoms with van der Waals surface area (Å²) in [5.74, 6) is 0.794. The zero-order valence-electron chi connectivity index (χ0n) is 19.6. The summed E-state index contributed by atoms with van der Waals surface area (Å²) in [5, 5.41) is 29.2. The maximum atomic E-state index is 12.1. The predicted molar refractivity (Wildman–Crippen MR) is 136 cm³/mol. The van der Waals surface area contributed by atoms with Gasteiger partial charge >= 0.3 is 5.69 Å². The molecule has 36 heavy (non-hydrogen) atoms. The number of hydrogen-bond acceptors (Lipinski definition) is 9. The van der Waals surface area contributed by atoms with Crippen LogP contribution in [0.5, 0.6) is 5.75 Å². The number of H-pyrrole nitrogens is 1. The van der Waals surface area contributed by atoms with Crippen molar-refractivity contribution in [3.63, 3.8) is 0 Å². The normalized spacial score (nSPS) is 20.5. The summed E-state index contributed by atoms with van der Waals surface area (Å²) in [5.41, 5.74) is -0.239. The number of halogens is 1. The Morgan fingerprint density at radius 1 is 1.22 bits per heavy atom. The molecule has 1 unspecified atom stereocenters. The fraction of sp³-hybridized carbons (Fsp3) is 0.478. The van der Waals surface area contributed by atoms with Gasteiger partial charge in [0, 0.05) is 34.4 Å². The molecule has 4 rings (SSSR count). The van der Waals surface area contributed by atoms with E-state index in [0.29, 0.717) is 37.6 Å². The van der Waals surface area contributed by atoms with Gasteiger partial charge in [0.1, 0.15) is 24.7 Å². The molecule has 0 saturated carbocycles. The van der Waals surface area contributed by atoms with E-state index in [0.717, 1.165) is 9.32 Å². The van der Waals surface area contributed by atoms with Gasteiger partial charge in [0.2, 0.25) is 0 Å². The fourth-order valence-electron chi connectivity index (χ4n) is 3.88. The number of nitrogens with zero attached hydrogens (tertiary/aromatic N) is 4. The Hall–Kier alpha value is -2.59. The molecule has 0 radical (unpaired) electrons. The molecule has 1 saturated heterocycles. The molecule has 0 bridgehead atoms. The molecule has 0 amide bonds. The molecular weight excluding hydrogens is 585 g/mol. The van der Waals surface area contributed by atoms with Crippen LogP contribution in [0.2, 0.25) is 0 Å². The molecule has 0 aliphatic carbocycles. The summed E-state index contributed by atoms with van der Waals surface area (Å²) in [6.07, 6.45) is -0.485. The first-order valence-electron chi connectivity index (χ1n) is 11.5. The summed E-state index contributed by atoms with van der Waals surface area (Å²) >= 11 is 2.24. The molecule has 0 spiro atoms. The standard InChI is InChI=1S/C23H28IN5O7/c1-14-12-29(23(33)25-22(14)32)20-11-19(31)21(36-20)18(30)10-16-13-28(27-26-16)6-7-34-8-9-35-17-4-2-15(24)3-5-17/h2-5,12-13,18-21,30-31H,6-11H2,1H3,(H,25,32,33)/t18?,19-,20+,21+/m0/s1. The number of aromatic nitrogens is 5. The first-order valence-corrected chi connectivity index (χ1v) is 12.6. The van der Waals surface area contributed by atoms with E-state index < -0.39 is 35.8 Å². The van der Waals surface area contributed by atoms with Crippen LogP contribution in [0.1, 0.15) is 23.9 Å². The van der Waals surface area contributed by atoms with Gasteiger partial charge in [0.25, 0.3) is 5.56 Å². The van der Waals surface area contributed by atoms with Crippen LogP contribution in [0.25, 0.3) is 0 Å². The van der Waals surface area contributed by atoms with Gasteiger partial charge in [-0.3, -0.25) is 14.3 Å². The molecular formula is C23H28IN5O7. The number of nitrogens with one attached hydrogen (secondary N) is 1. The Balaban J connectivity index is 1.21. The molecule has 2 aromatic heterocycles. The van der Waals surface area contributed by atoms with Crippen molar-refractivity contribution in [3.8, 4) is 5.75 Å². The van der Waals surface area contributed by atoms with Gasteiger partial charge in [-0.1, -0.05) is 5.21 Å². The Kier molecular flexibility index (Phi) is 8.90. The number of aliphatic hydroxyl groups excluding tert-OH is 2. The second-order valence-corrected chi connectivity index (χ2v) is 9.74. The highest BCUT2D eigenvalue weighted by atomic mass is 127. The molecule has 1 aliphatic rings. The number of rotatable bonds is 11. The lowest BCUT2D eigenvalue weighted by atomic mass is 10.0. The van der Waals surface area contributed by atoms with Crippen LogP contribution in [0.15, 0.2) is 46.2 Å². The van der Waals surface area contributed by atoms with Gasteiger partial charge < -0.3 is 24.4 Å². The first-order chi connectivity index (χ1) is 17.3. The van der Waals surface area contributed by atoms with Crippen LogP contribution < -0.4 is 16.0 Å². The Morgan fingerprint density at radius 2 is 2.00 bits per heavy atom. The SMILES string of the molecule is Cc1cn([C@H]2C[C@H](O)[C@@H](C(O)Cc3cn(CCOCCOc4ccc(I)cc4)nn3)O2)c(=O)[nH]c1=O. The van der Waals surface area contributed by atoms with E-state index in [4.69, 9.17) is 14.2 Å². The molecule has 3 aromatic rings. The number of benzene rings is 1. The lowest BCUT2D eigenvalue weighted by Crippen LogP contribution is -2.36. The topological polar surface area (TPSA) is 154 Å². The monoisotopic (exact) mass is 613 g/mol. The van der Waals surface area contributed by atoms with Crippen molar-refractivity contribution in [2.75, 3.05) is 19.8 Å². The van der Waals surface area contributed by atoms with E-state index in [1.165, 1.54) is 10.8 Å². The zero-order chi connectivity index (χ0) is 25.7. The zero-order valence-corrected chi connectivity index (χ0v) is 21.8. The average molecular weight is 613 g/mol. The summed E-state index contributed by atoms with van der Waals surface area (Å²) in [7, 11) is 0. The van der Waals surface area contributed by atoms with Gasteiger partial charge in [-0.2, -0.15) is 0 Å². The highest BCUT2D eigenvalue weighted by molar-refractivity contribution is 14.1. The van der Waals surface area contributed by atoms with Crippen molar-refractivity contribution in [2.24, 2.45) is 0 Å². The number of aryl methyl sites for hydroxylation is 1. The third-order valence-corrected chi connectivity index (χ3v) is 6.47. The lowest BCUT2D eigenvalue weighted by Gasteiger charge is -2.20. The minimum Gasteiger partial charge on any atom is -0.491 e. The Labute approximate surface area is 220 Å². The van der Waals surface area contributed by atoms with Crippen LogP contribution in [0.3, 0.4) is 0 Å². The predicted octanol–water partition coefficient (Wildman–Crippen LogP) is 0.389. The van der Waals surface area contributed by atoms with Crippen LogP contribution in [0.4, 0.5) is 0 Å². The number of aliphatic hydroxyl groups is 2. The van der Waals surface area contributed by atoms with E-state index in [9.17, 15) is 19.8 Å². The van der Waals surface area contributed by atoms with Crippen molar-refractivity contribution >= 4 is 22.6 Å². The van der Waals surface area contributed by atoms with Gasteiger partial charge in [-0.15, -0.1) is 5.10 Å². The van der Waals surface area contributed by atoms with Crippen LogP contribution in [-0.2, 0) is 22.4 Å². The Morgan fingerprint density at radius 3 is 2.78 bits per heavy atom. The first kappa shape index (κ1) is 26.5. The molecule has 1 aliphatic heterocycles. The van der Waals surface area contributed by atoms with Gasteiger partial charge in [-0.25, -0.2) is 9.48 Å². The average Bonchev–Trinajstić information content (AvgIpc) is 3.45. The summed E-state index contributed by atoms with van der Waals surface area (Å²) in [6.45, 7) is 3.33. The summed E-state index contributed by atoms with van der Waals surface area (Å²) < 4.78 is 20.9. The molecule has 1 fully saturated rings. The molecule has 3 N–H and O–H groups in total. The van der Waals surface area contributed by atoms with E-state index in [-0.39, 0.29) is 12.8 Å². The lowest BCUT2D eigenvalue weighted by molar-refractivity contribution is -0.0829. The van der Waals surface area contributed by atoms with Crippen molar-refractivity contribution in [1.82, 2.24) is 24.5 Å². The number of aromatic amines is 1. The van der Waals surface area contributed by atoms with Crippen molar-refractivity contribution in [3.05, 3.63) is 72.3 Å². The number of ether oxygens (including phenoxy) is 3. The summed E-state index contributed by atoms with van der Waals surface area (Å²) in [6, 6.07) is 7.77. The quantitative estimate of drug-likeness (QED) is 0.206. The van der Waals surface area contributed by atoms with Gasteiger partial charge in [0.05, 0.1) is 37.7 Å². The van der Waals surface area contributed by atoms with Gasteiger partial charge in [0.15, 0.2) is 0 Å². The fourth-order valence-corrected chi connectivity index (χ4v) is 4.24. The minimum absolute atomic E-state index is 0.102. The highest BCUT2D eigenvalue weighted by Crippen LogP contribution is 2.30. The summed E-state index contributed by atoms with van der Waals surface area (Å²) in [4.78, 5) is 25.9. The maximum absolute atomic E-state index is 12.1. The van der Waals surface area contributed by atoms with Crippen LogP contribution in [0, 0.1) is 10.5 Å². The van der Waals surface area contributed by atoms with Crippen molar-refractivity contribution < 1.29 is 24.4 Å². The van der Waals surface area contributed by atoms with E-state index >= 15 is 0 Å². The smallest absolute Gasteiger partial charge is 0.330 e. The van der Waals surface area contributed by atoms with E-state index in [1.807, 2.05) is 24.3 Å². The third kappa shape index (κ3) is 6.79. The highest BCUT2D eigenvalue weighted by Gasteiger charge is 2.40. The molecule has 1 aromatic carbocycles. The minimum atomic E-state index is -1.07. The maximum Gasteiger partial charge on any atom is 0.330 e. The van der Waals surface area contributed by atoms with Crippen molar-refractivity contribution in [2.45, 2.75) is 50.8 Å². The molecule has 3 heterocycles. The van der Waals surface area contributed by atoms with Gasteiger partial charge in [-0.05, 0) is 53.8 Å². The van der Waals surface area contributed by atoms with Crippen LogP contribution in [-0.4, -0.2) is 72.9 Å². The Bertz CT molecular complexity index is 1260. The van der Waals surface area contributed by atoms with E-state index in [2.05, 4.69) is 37.9 Å². The molecule has 13 heteroatoms. The number of hydrogen-bond donors (Lipinski definition) is 3. The third-order valence-electron chi connectivity index (χ3n) is 5.75.